The van der Waals surface area contributed by atoms with Crippen LogP contribution in [0.4, 0.5) is 4.79 Å². The largest absolute Gasteiger partial charge is 0.490 e. The molecule has 1 aliphatic rings. The van der Waals surface area contributed by atoms with Crippen molar-refractivity contribution in [2.45, 2.75) is 25.4 Å². The first-order valence-electron chi connectivity index (χ1n) is 6.48. The number of halogens is 1. The summed E-state index contributed by atoms with van der Waals surface area (Å²) in [4.78, 5) is 12.2. The van der Waals surface area contributed by atoms with Gasteiger partial charge in [-0.3, -0.25) is 0 Å². The first-order valence-corrected chi connectivity index (χ1v) is 7.60. The van der Waals surface area contributed by atoms with Crippen LogP contribution in [-0.2, 0) is 6.42 Å². The second kappa shape index (κ2) is 6.80. The van der Waals surface area contributed by atoms with Gasteiger partial charge in [-0.25, -0.2) is 4.79 Å². The molecule has 0 unspecified atom stereocenters. The zero-order valence-corrected chi connectivity index (χ0v) is 12.3. The molecule has 1 fully saturated rings. The highest BCUT2D eigenvalue weighted by Crippen LogP contribution is 2.20. The predicted octanol–water partition coefficient (Wildman–Crippen LogP) is 3.15. The van der Waals surface area contributed by atoms with E-state index in [4.69, 9.17) is 9.84 Å². The van der Waals surface area contributed by atoms with Crippen molar-refractivity contribution < 1.29 is 14.6 Å². The summed E-state index contributed by atoms with van der Waals surface area (Å²) in [6.07, 6.45) is 1.82. The lowest BCUT2D eigenvalue weighted by atomic mass is 10.1. The third-order valence-electron chi connectivity index (χ3n) is 3.32. The predicted molar refractivity (Wildman–Crippen MR) is 77.2 cm³/mol. The molecule has 5 heteroatoms. The molecule has 1 aromatic rings. The highest BCUT2D eigenvalue weighted by Gasteiger charge is 2.23. The summed E-state index contributed by atoms with van der Waals surface area (Å²) in [5, 5.41) is 9.84. The first-order chi connectivity index (χ1) is 9.19. The molecular formula is C14H18BrNO3. The Morgan fingerprint density at radius 1 is 1.32 bits per heavy atom. The fourth-order valence-electron chi connectivity index (χ4n) is 2.20. The van der Waals surface area contributed by atoms with E-state index in [1.165, 1.54) is 10.5 Å². The molecule has 1 amide bonds. The summed E-state index contributed by atoms with van der Waals surface area (Å²) in [5.41, 5.74) is 1.28. The molecule has 0 radical (unpaired) electrons. The van der Waals surface area contributed by atoms with E-state index in [0.717, 1.165) is 30.3 Å². The molecule has 1 heterocycles. The van der Waals surface area contributed by atoms with Crippen LogP contribution in [0.1, 0.15) is 18.4 Å². The summed E-state index contributed by atoms with van der Waals surface area (Å²) in [6, 6.07) is 8.12. The molecule has 1 aliphatic heterocycles. The second-order valence-corrected chi connectivity index (χ2v) is 5.46. The third kappa shape index (κ3) is 4.13. The van der Waals surface area contributed by atoms with Crippen molar-refractivity contribution in [1.82, 2.24) is 4.90 Å². The number of hydrogen-bond acceptors (Lipinski definition) is 2. The van der Waals surface area contributed by atoms with Crippen LogP contribution in [0.3, 0.4) is 0 Å². The van der Waals surface area contributed by atoms with E-state index in [0.29, 0.717) is 13.1 Å². The zero-order chi connectivity index (χ0) is 13.7. The van der Waals surface area contributed by atoms with E-state index < -0.39 is 6.09 Å². The van der Waals surface area contributed by atoms with Crippen LogP contribution in [-0.4, -0.2) is 40.6 Å². The van der Waals surface area contributed by atoms with Gasteiger partial charge in [-0.1, -0.05) is 28.1 Å². The highest BCUT2D eigenvalue weighted by molar-refractivity contribution is 9.09. The molecule has 1 N–H and O–H groups in total. The molecule has 19 heavy (non-hydrogen) atoms. The van der Waals surface area contributed by atoms with Crippen LogP contribution in [0.25, 0.3) is 0 Å². The van der Waals surface area contributed by atoms with Gasteiger partial charge < -0.3 is 14.7 Å². The molecule has 0 bridgehead atoms. The van der Waals surface area contributed by atoms with Gasteiger partial charge in [-0.05, 0) is 24.1 Å². The van der Waals surface area contributed by atoms with Gasteiger partial charge in [0.05, 0.1) is 0 Å². The lowest BCUT2D eigenvalue weighted by molar-refractivity contribution is 0.0895. The van der Waals surface area contributed by atoms with Gasteiger partial charge in [-0.15, -0.1) is 0 Å². The van der Waals surface area contributed by atoms with Crippen molar-refractivity contribution in [3.63, 3.8) is 0 Å². The monoisotopic (exact) mass is 327 g/mol. The number of rotatable bonds is 4. The number of carboxylic acid groups (broad SMARTS) is 1. The Labute approximate surface area is 121 Å². The lowest BCUT2D eigenvalue weighted by Crippen LogP contribution is -2.41. The molecule has 1 aromatic carbocycles. The number of benzene rings is 1. The van der Waals surface area contributed by atoms with Crippen LogP contribution in [0, 0.1) is 0 Å². The summed E-state index contributed by atoms with van der Waals surface area (Å²) in [6.45, 7) is 1.11. The van der Waals surface area contributed by atoms with Crippen molar-refractivity contribution in [3.05, 3.63) is 29.8 Å². The Bertz CT molecular complexity index is 413. The number of hydrogen-bond donors (Lipinski definition) is 1. The van der Waals surface area contributed by atoms with Gasteiger partial charge in [0.2, 0.25) is 0 Å². The number of amides is 1. The Kier molecular flexibility index (Phi) is 5.07. The minimum absolute atomic E-state index is 0.123. The van der Waals surface area contributed by atoms with Crippen LogP contribution in [0.2, 0.25) is 0 Å². The maximum atomic E-state index is 10.8. The van der Waals surface area contributed by atoms with Gasteiger partial charge >= 0.3 is 6.09 Å². The molecule has 104 valence electrons. The standard InChI is InChI=1S/C14H18BrNO3/c15-8-5-11-1-3-12(4-2-11)19-13-6-9-16(10-7-13)14(17)18/h1-4,13H,5-10H2,(H,17,18). The number of ether oxygens (including phenoxy) is 1. The van der Waals surface area contributed by atoms with E-state index in [1.54, 1.807) is 0 Å². The van der Waals surface area contributed by atoms with Crippen LogP contribution < -0.4 is 4.74 Å². The molecule has 0 saturated carbocycles. The molecular weight excluding hydrogens is 310 g/mol. The fourth-order valence-corrected chi connectivity index (χ4v) is 2.66. The Morgan fingerprint density at radius 3 is 2.47 bits per heavy atom. The number of carbonyl (C=O) groups is 1. The van der Waals surface area contributed by atoms with E-state index >= 15 is 0 Å². The number of likely N-dealkylation sites (tertiary alicyclic amines) is 1. The quantitative estimate of drug-likeness (QED) is 0.864. The molecule has 4 nitrogen and oxygen atoms in total. The Morgan fingerprint density at radius 2 is 1.95 bits per heavy atom. The van der Waals surface area contributed by atoms with Gasteiger partial charge in [-0.2, -0.15) is 0 Å². The van der Waals surface area contributed by atoms with Crippen molar-refractivity contribution in [3.8, 4) is 5.75 Å². The minimum Gasteiger partial charge on any atom is -0.490 e. The smallest absolute Gasteiger partial charge is 0.407 e. The van der Waals surface area contributed by atoms with E-state index in [-0.39, 0.29) is 6.10 Å². The molecule has 1 saturated heterocycles. The summed E-state index contributed by atoms with van der Waals surface area (Å²) < 4.78 is 5.89. The maximum absolute atomic E-state index is 10.8. The first kappa shape index (κ1) is 14.2. The van der Waals surface area contributed by atoms with E-state index in [9.17, 15) is 4.79 Å². The second-order valence-electron chi connectivity index (χ2n) is 4.67. The van der Waals surface area contributed by atoms with Gasteiger partial charge in [0, 0.05) is 31.3 Å². The van der Waals surface area contributed by atoms with Gasteiger partial charge in [0.15, 0.2) is 0 Å². The van der Waals surface area contributed by atoms with Crippen molar-refractivity contribution >= 4 is 22.0 Å². The van der Waals surface area contributed by atoms with Crippen LogP contribution in [0.5, 0.6) is 5.75 Å². The van der Waals surface area contributed by atoms with E-state index in [1.807, 2.05) is 12.1 Å². The minimum atomic E-state index is -0.836. The molecule has 0 atom stereocenters. The summed E-state index contributed by atoms with van der Waals surface area (Å²) >= 11 is 3.42. The number of aryl methyl sites for hydroxylation is 1. The number of alkyl halides is 1. The van der Waals surface area contributed by atoms with E-state index in [2.05, 4.69) is 28.1 Å². The van der Waals surface area contributed by atoms with Crippen molar-refractivity contribution in [2.24, 2.45) is 0 Å². The molecule has 0 aromatic heterocycles. The Hall–Kier alpha value is -1.23. The number of nitrogens with zero attached hydrogens (tertiary/aromatic N) is 1. The summed E-state index contributed by atoms with van der Waals surface area (Å²) in [5.74, 6) is 0.868. The molecule has 2 rings (SSSR count). The van der Waals surface area contributed by atoms with Crippen LogP contribution >= 0.6 is 15.9 Å². The van der Waals surface area contributed by atoms with Gasteiger partial charge in [0.1, 0.15) is 11.9 Å². The number of piperidine rings is 1. The SMILES string of the molecule is O=C(O)N1CCC(Oc2ccc(CCBr)cc2)CC1. The topological polar surface area (TPSA) is 49.8 Å². The average molecular weight is 328 g/mol. The fraction of sp³-hybridized carbons (Fsp3) is 0.500. The van der Waals surface area contributed by atoms with Crippen molar-refractivity contribution in [1.29, 1.82) is 0 Å². The molecule has 0 aliphatic carbocycles. The average Bonchev–Trinajstić information content (AvgIpc) is 2.42. The molecule has 0 spiro atoms. The normalized spacial score (nSPS) is 16.4. The lowest BCUT2D eigenvalue weighted by Gasteiger charge is -2.30. The Balaban J connectivity index is 1.83. The zero-order valence-electron chi connectivity index (χ0n) is 10.7. The summed E-state index contributed by atoms with van der Waals surface area (Å²) in [7, 11) is 0. The van der Waals surface area contributed by atoms with Gasteiger partial charge in [0.25, 0.3) is 0 Å². The maximum Gasteiger partial charge on any atom is 0.407 e. The highest BCUT2D eigenvalue weighted by atomic mass is 79.9. The van der Waals surface area contributed by atoms with Crippen molar-refractivity contribution in [2.75, 3.05) is 18.4 Å². The van der Waals surface area contributed by atoms with Crippen LogP contribution in [0.15, 0.2) is 24.3 Å². The third-order valence-corrected chi connectivity index (χ3v) is 3.72.